The van der Waals surface area contributed by atoms with Gasteiger partial charge in [-0.05, 0) is 31.7 Å². The zero-order valence-corrected chi connectivity index (χ0v) is 11.6. The van der Waals surface area contributed by atoms with E-state index in [2.05, 4.69) is 5.32 Å². The topological polar surface area (TPSA) is 81.4 Å². The summed E-state index contributed by atoms with van der Waals surface area (Å²) in [5, 5.41) is 4.48. The van der Waals surface area contributed by atoms with Crippen LogP contribution in [0.5, 0.6) is 0 Å². The van der Waals surface area contributed by atoms with Crippen molar-refractivity contribution in [2.45, 2.75) is 32.7 Å². The number of rotatable bonds is 5. The molecule has 5 nitrogen and oxygen atoms in total. The van der Waals surface area contributed by atoms with Crippen molar-refractivity contribution in [1.82, 2.24) is 5.32 Å². The van der Waals surface area contributed by atoms with Gasteiger partial charge in [-0.15, -0.1) is 11.3 Å². The van der Waals surface area contributed by atoms with E-state index in [1.54, 1.807) is 11.4 Å². The molecule has 1 aromatic heterocycles. The summed E-state index contributed by atoms with van der Waals surface area (Å²) >= 11 is 1.20. The van der Waals surface area contributed by atoms with Crippen LogP contribution in [0.4, 0.5) is 5.69 Å². The van der Waals surface area contributed by atoms with E-state index >= 15 is 0 Å². The number of nitrogens with one attached hydrogen (secondary N) is 1. The summed E-state index contributed by atoms with van der Waals surface area (Å²) in [5.41, 5.74) is 5.65. The van der Waals surface area contributed by atoms with Gasteiger partial charge in [-0.3, -0.25) is 4.79 Å². The second-order valence-electron chi connectivity index (χ2n) is 4.57. The largest absolute Gasteiger partial charge is 0.451 e. The van der Waals surface area contributed by atoms with E-state index in [-0.39, 0.29) is 18.1 Å². The number of carbonyl (C=O) groups is 2. The van der Waals surface area contributed by atoms with Crippen LogP contribution in [0, 0.1) is 0 Å². The number of hydrogen-bond donors (Lipinski definition) is 2. The number of esters is 1. The molecule has 0 unspecified atom stereocenters. The number of ether oxygens (including phenoxy) is 1. The summed E-state index contributed by atoms with van der Waals surface area (Å²) in [6, 6.07) is 1.63. The van der Waals surface area contributed by atoms with Crippen molar-refractivity contribution in [3.63, 3.8) is 0 Å². The first-order valence-corrected chi connectivity index (χ1v) is 6.55. The van der Waals surface area contributed by atoms with Crippen LogP contribution >= 0.6 is 11.3 Å². The Morgan fingerprint density at radius 2 is 2.17 bits per heavy atom. The highest BCUT2D eigenvalue weighted by atomic mass is 32.1. The molecule has 3 N–H and O–H groups in total. The number of thiophene rings is 1. The maximum Gasteiger partial charge on any atom is 0.350 e. The van der Waals surface area contributed by atoms with Crippen LogP contribution in [0.3, 0.4) is 0 Å². The molecular formula is C12H18N2O3S. The van der Waals surface area contributed by atoms with E-state index in [4.69, 9.17) is 10.5 Å². The number of nitrogen functional groups attached to an aromatic ring is 1. The molecule has 18 heavy (non-hydrogen) atoms. The molecule has 0 radical (unpaired) electrons. The molecule has 0 aliphatic heterocycles. The SMILES string of the molecule is CCC(C)(C)NC(=O)COC(=O)c1sccc1N. The van der Waals surface area contributed by atoms with Crippen LogP contribution in [0.25, 0.3) is 0 Å². The first-order valence-electron chi connectivity index (χ1n) is 5.67. The molecule has 0 fully saturated rings. The first kappa shape index (κ1) is 14.5. The monoisotopic (exact) mass is 270 g/mol. The Bertz CT molecular complexity index is 440. The molecule has 0 saturated heterocycles. The van der Waals surface area contributed by atoms with Crippen LogP contribution < -0.4 is 11.1 Å². The van der Waals surface area contributed by atoms with Gasteiger partial charge in [0.2, 0.25) is 0 Å². The lowest BCUT2D eigenvalue weighted by Crippen LogP contribution is -2.44. The van der Waals surface area contributed by atoms with Crippen molar-refractivity contribution in [1.29, 1.82) is 0 Å². The van der Waals surface area contributed by atoms with Gasteiger partial charge in [0.05, 0.1) is 5.69 Å². The van der Waals surface area contributed by atoms with Gasteiger partial charge in [0.25, 0.3) is 5.91 Å². The van der Waals surface area contributed by atoms with Gasteiger partial charge in [-0.25, -0.2) is 4.79 Å². The lowest BCUT2D eigenvalue weighted by Gasteiger charge is -2.24. The molecule has 0 bridgehead atoms. The normalized spacial score (nSPS) is 11.1. The highest BCUT2D eigenvalue weighted by Gasteiger charge is 2.19. The number of hydrogen-bond acceptors (Lipinski definition) is 5. The fourth-order valence-electron chi connectivity index (χ4n) is 1.18. The Morgan fingerprint density at radius 1 is 1.50 bits per heavy atom. The molecule has 6 heteroatoms. The van der Waals surface area contributed by atoms with E-state index in [9.17, 15) is 9.59 Å². The van der Waals surface area contributed by atoms with Crippen molar-refractivity contribution in [3.05, 3.63) is 16.3 Å². The maximum atomic E-state index is 11.6. The average Bonchev–Trinajstić information content (AvgIpc) is 2.72. The Hall–Kier alpha value is -1.56. The molecule has 0 aliphatic carbocycles. The van der Waals surface area contributed by atoms with Crippen molar-refractivity contribution in [2.24, 2.45) is 0 Å². The van der Waals surface area contributed by atoms with Crippen LogP contribution in [0.2, 0.25) is 0 Å². The molecule has 100 valence electrons. The second-order valence-corrected chi connectivity index (χ2v) is 5.48. The van der Waals surface area contributed by atoms with Gasteiger partial charge in [0.15, 0.2) is 6.61 Å². The molecular weight excluding hydrogens is 252 g/mol. The summed E-state index contributed by atoms with van der Waals surface area (Å²) in [6.07, 6.45) is 0.796. The van der Waals surface area contributed by atoms with Crippen LogP contribution in [0.15, 0.2) is 11.4 Å². The third-order valence-corrected chi connectivity index (χ3v) is 3.49. The van der Waals surface area contributed by atoms with Crippen LogP contribution in [-0.2, 0) is 9.53 Å². The minimum atomic E-state index is -0.563. The van der Waals surface area contributed by atoms with E-state index in [1.165, 1.54) is 11.3 Å². The predicted molar refractivity (Wildman–Crippen MR) is 71.5 cm³/mol. The maximum absolute atomic E-state index is 11.6. The summed E-state index contributed by atoms with van der Waals surface area (Å²) < 4.78 is 4.90. The van der Waals surface area contributed by atoms with Gasteiger partial charge in [0, 0.05) is 5.54 Å². The first-order chi connectivity index (χ1) is 8.35. The van der Waals surface area contributed by atoms with Gasteiger partial charge in [-0.2, -0.15) is 0 Å². The Labute approximate surface area is 110 Å². The fraction of sp³-hybridized carbons (Fsp3) is 0.500. The number of anilines is 1. The van der Waals surface area contributed by atoms with Gasteiger partial charge in [0.1, 0.15) is 4.88 Å². The van der Waals surface area contributed by atoms with E-state index in [0.717, 1.165) is 6.42 Å². The summed E-state index contributed by atoms with van der Waals surface area (Å²) in [6.45, 7) is 5.49. The van der Waals surface area contributed by atoms with Crippen molar-refractivity contribution < 1.29 is 14.3 Å². The molecule has 0 aliphatic rings. The molecule has 1 aromatic rings. The van der Waals surface area contributed by atoms with Gasteiger partial charge in [-0.1, -0.05) is 6.92 Å². The third kappa shape index (κ3) is 4.03. The van der Waals surface area contributed by atoms with E-state index < -0.39 is 5.97 Å². The quantitative estimate of drug-likeness (QED) is 0.799. The molecule has 1 rings (SSSR count). The van der Waals surface area contributed by atoms with Crippen molar-refractivity contribution in [2.75, 3.05) is 12.3 Å². The highest BCUT2D eigenvalue weighted by Crippen LogP contribution is 2.19. The smallest absolute Gasteiger partial charge is 0.350 e. The second kappa shape index (κ2) is 5.86. The van der Waals surface area contributed by atoms with Crippen LogP contribution in [0.1, 0.15) is 36.9 Å². The number of amides is 1. The lowest BCUT2D eigenvalue weighted by atomic mass is 10.0. The standard InChI is InChI=1S/C12H18N2O3S/c1-4-12(2,3)14-9(15)7-17-11(16)10-8(13)5-6-18-10/h5-6H,4,7,13H2,1-3H3,(H,14,15). The molecule has 0 atom stereocenters. The zero-order chi connectivity index (χ0) is 13.8. The zero-order valence-electron chi connectivity index (χ0n) is 10.8. The summed E-state index contributed by atoms with van der Waals surface area (Å²) in [7, 11) is 0. The van der Waals surface area contributed by atoms with Crippen LogP contribution in [-0.4, -0.2) is 24.0 Å². The van der Waals surface area contributed by atoms with Gasteiger partial charge >= 0.3 is 5.97 Å². The molecule has 1 amide bonds. The molecule has 0 aromatic carbocycles. The Morgan fingerprint density at radius 3 is 2.67 bits per heavy atom. The highest BCUT2D eigenvalue weighted by molar-refractivity contribution is 7.12. The molecule has 1 heterocycles. The molecule has 0 spiro atoms. The van der Waals surface area contributed by atoms with Gasteiger partial charge < -0.3 is 15.8 Å². The average molecular weight is 270 g/mol. The minimum absolute atomic E-state index is 0.292. The molecule has 0 saturated carbocycles. The summed E-state index contributed by atoms with van der Waals surface area (Å²) in [5.74, 6) is -0.878. The predicted octanol–water partition coefficient (Wildman–Crippen LogP) is 1.79. The number of nitrogens with two attached hydrogens (primary N) is 1. The van der Waals surface area contributed by atoms with Crippen molar-refractivity contribution >= 4 is 28.9 Å². The minimum Gasteiger partial charge on any atom is -0.451 e. The number of carbonyl (C=O) groups excluding carboxylic acids is 2. The Balaban J connectivity index is 2.45. The van der Waals surface area contributed by atoms with E-state index in [0.29, 0.717) is 10.6 Å². The van der Waals surface area contributed by atoms with E-state index in [1.807, 2.05) is 20.8 Å². The Kier molecular flexibility index (Phi) is 4.72. The van der Waals surface area contributed by atoms with Crippen molar-refractivity contribution in [3.8, 4) is 0 Å². The third-order valence-electron chi connectivity index (χ3n) is 2.58. The summed E-state index contributed by atoms with van der Waals surface area (Å²) in [4.78, 5) is 23.5. The lowest BCUT2D eigenvalue weighted by molar-refractivity contribution is -0.125. The fourth-order valence-corrected chi connectivity index (χ4v) is 1.89.